The second-order valence-corrected chi connectivity index (χ2v) is 6.35. The van der Waals surface area contributed by atoms with Gasteiger partial charge in [0.2, 0.25) is 0 Å². The standard InChI is InChI=1S/C20H30N6O2/c1-4-15(5-2)18-12-17(28-26-18)14-25-20(22-6-3)24-11-10-23-19(27)16-8-7-9-21-13-16/h7-9,12-13,15H,4-6,10-11,14H2,1-3H3,(H,23,27)(H2,22,24,25). The number of hydrogen-bond donors (Lipinski definition) is 3. The van der Waals surface area contributed by atoms with Crippen LogP contribution in [0.15, 0.2) is 40.1 Å². The molecule has 0 fully saturated rings. The van der Waals surface area contributed by atoms with Crippen molar-refractivity contribution < 1.29 is 9.32 Å². The minimum Gasteiger partial charge on any atom is -0.359 e. The van der Waals surface area contributed by atoms with E-state index in [1.54, 1.807) is 24.5 Å². The van der Waals surface area contributed by atoms with E-state index in [0.29, 0.717) is 37.1 Å². The number of carbonyl (C=O) groups is 1. The number of amides is 1. The van der Waals surface area contributed by atoms with Crippen LogP contribution in [0.3, 0.4) is 0 Å². The van der Waals surface area contributed by atoms with Crippen LogP contribution < -0.4 is 16.0 Å². The molecule has 0 saturated heterocycles. The number of pyridine rings is 1. The molecule has 0 spiro atoms. The van der Waals surface area contributed by atoms with Crippen molar-refractivity contribution in [1.82, 2.24) is 26.1 Å². The Morgan fingerprint density at radius 2 is 1.96 bits per heavy atom. The smallest absolute Gasteiger partial charge is 0.252 e. The maximum absolute atomic E-state index is 12.0. The summed E-state index contributed by atoms with van der Waals surface area (Å²) in [5, 5.41) is 13.4. The summed E-state index contributed by atoms with van der Waals surface area (Å²) in [5.41, 5.74) is 1.54. The zero-order chi connectivity index (χ0) is 20.2. The van der Waals surface area contributed by atoms with Gasteiger partial charge in [-0.2, -0.15) is 0 Å². The quantitative estimate of drug-likeness (QED) is 0.329. The summed E-state index contributed by atoms with van der Waals surface area (Å²) in [5.74, 6) is 1.69. The maximum atomic E-state index is 12.0. The highest BCUT2D eigenvalue weighted by Gasteiger charge is 2.12. The Hall–Kier alpha value is -2.90. The van der Waals surface area contributed by atoms with E-state index in [9.17, 15) is 4.79 Å². The van der Waals surface area contributed by atoms with Gasteiger partial charge < -0.3 is 20.5 Å². The molecule has 0 aliphatic heterocycles. The molecule has 0 saturated carbocycles. The van der Waals surface area contributed by atoms with Crippen molar-refractivity contribution in [3.8, 4) is 0 Å². The number of nitrogens with zero attached hydrogens (tertiary/aromatic N) is 3. The summed E-state index contributed by atoms with van der Waals surface area (Å²) < 4.78 is 5.41. The molecule has 0 bridgehead atoms. The minimum absolute atomic E-state index is 0.146. The Bertz CT molecular complexity index is 740. The van der Waals surface area contributed by atoms with Crippen molar-refractivity contribution in [3.05, 3.63) is 47.6 Å². The molecule has 8 heteroatoms. The summed E-state index contributed by atoms with van der Waals surface area (Å²) in [6.07, 6.45) is 5.27. The zero-order valence-electron chi connectivity index (χ0n) is 16.9. The average Bonchev–Trinajstić information content (AvgIpc) is 3.19. The first-order chi connectivity index (χ1) is 13.7. The summed E-state index contributed by atoms with van der Waals surface area (Å²) in [7, 11) is 0. The lowest BCUT2D eigenvalue weighted by atomic mass is 9.99. The highest BCUT2D eigenvalue weighted by Crippen LogP contribution is 2.22. The van der Waals surface area contributed by atoms with Gasteiger partial charge in [0.05, 0.1) is 11.3 Å². The molecule has 2 rings (SSSR count). The Morgan fingerprint density at radius 1 is 1.18 bits per heavy atom. The lowest BCUT2D eigenvalue weighted by molar-refractivity contribution is 0.0954. The average molecular weight is 387 g/mol. The molecule has 0 atom stereocenters. The highest BCUT2D eigenvalue weighted by molar-refractivity contribution is 5.93. The van der Waals surface area contributed by atoms with E-state index in [-0.39, 0.29) is 5.91 Å². The molecule has 0 aliphatic rings. The van der Waals surface area contributed by atoms with Crippen LogP contribution in [-0.2, 0) is 6.54 Å². The van der Waals surface area contributed by atoms with E-state index in [2.05, 4.69) is 44.9 Å². The molecule has 2 aromatic heterocycles. The Balaban J connectivity index is 1.81. The molecule has 28 heavy (non-hydrogen) atoms. The molecule has 3 N–H and O–H groups in total. The van der Waals surface area contributed by atoms with E-state index >= 15 is 0 Å². The van der Waals surface area contributed by atoms with E-state index in [4.69, 9.17) is 4.52 Å². The molecule has 0 aliphatic carbocycles. The van der Waals surface area contributed by atoms with Gasteiger partial charge in [0.15, 0.2) is 11.7 Å². The summed E-state index contributed by atoms with van der Waals surface area (Å²) in [6.45, 7) is 8.48. The lowest BCUT2D eigenvalue weighted by Crippen LogP contribution is -2.41. The molecular formula is C20H30N6O2. The van der Waals surface area contributed by atoms with Crippen LogP contribution in [0.2, 0.25) is 0 Å². The monoisotopic (exact) mass is 386 g/mol. The molecule has 0 unspecified atom stereocenters. The number of nitrogens with one attached hydrogen (secondary N) is 3. The predicted octanol–water partition coefficient (Wildman–Crippen LogP) is 2.46. The Labute approximate surface area is 166 Å². The van der Waals surface area contributed by atoms with Gasteiger partial charge in [-0.1, -0.05) is 19.0 Å². The maximum Gasteiger partial charge on any atom is 0.252 e. The molecule has 152 valence electrons. The fourth-order valence-corrected chi connectivity index (χ4v) is 2.76. The highest BCUT2D eigenvalue weighted by atomic mass is 16.5. The number of aliphatic imine (C=N–C) groups is 1. The van der Waals surface area contributed by atoms with Gasteiger partial charge in [0.25, 0.3) is 5.91 Å². The van der Waals surface area contributed by atoms with Crippen LogP contribution in [0.25, 0.3) is 0 Å². The topological polar surface area (TPSA) is 104 Å². The Morgan fingerprint density at radius 3 is 2.64 bits per heavy atom. The third kappa shape index (κ3) is 6.68. The van der Waals surface area contributed by atoms with Crippen LogP contribution >= 0.6 is 0 Å². The summed E-state index contributed by atoms with van der Waals surface area (Å²) in [6, 6.07) is 5.45. The van der Waals surface area contributed by atoms with Gasteiger partial charge in [-0.25, -0.2) is 4.99 Å². The molecule has 2 aromatic rings. The van der Waals surface area contributed by atoms with Gasteiger partial charge in [0.1, 0.15) is 6.54 Å². The molecule has 0 radical (unpaired) electrons. The van der Waals surface area contributed by atoms with Crippen LogP contribution in [0.5, 0.6) is 0 Å². The van der Waals surface area contributed by atoms with Crippen molar-refractivity contribution in [1.29, 1.82) is 0 Å². The van der Waals surface area contributed by atoms with Crippen molar-refractivity contribution in [3.63, 3.8) is 0 Å². The second kappa shape index (κ2) is 11.7. The molecular weight excluding hydrogens is 356 g/mol. The van der Waals surface area contributed by atoms with Crippen LogP contribution in [0.1, 0.15) is 61.3 Å². The summed E-state index contributed by atoms with van der Waals surface area (Å²) in [4.78, 5) is 20.5. The van der Waals surface area contributed by atoms with E-state index in [1.807, 2.05) is 13.0 Å². The van der Waals surface area contributed by atoms with E-state index in [0.717, 1.165) is 30.8 Å². The van der Waals surface area contributed by atoms with Gasteiger partial charge in [-0.3, -0.25) is 9.78 Å². The van der Waals surface area contributed by atoms with E-state index < -0.39 is 0 Å². The van der Waals surface area contributed by atoms with Crippen LogP contribution in [-0.4, -0.2) is 41.6 Å². The molecule has 2 heterocycles. The number of hydrogen-bond acceptors (Lipinski definition) is 5. The third-order valence-electron chi connectivity index (χ3n) is 4.35. The summed E-state index contributed by atoms with van der Waals surface area (Å²) >= 11 is 0. The number of carbonyl (C=O) groups excluding carboxylic acids is 1. The third-order valence-corrected chi connectivity index (χ3v) is 4.35. The predicted molar refractivity (Wildman–Crippen MR) is 109 cm³/mol. The second-order valence-electron chi connectivity index (χ2n) is 6.35. The zero-order valence-corrected chi connectivity index (χ0v) is 16.9. The molecule has 1 amide bonds. The van der Waals surface area contributed by atoms with Crippen molar-refractivity contribution in [2.24, 2.45) is 4.99 Å². The van der Waals surface area contributed by atoms with Crippen molar-refractivity contribution in [2.75, 3.05) is 19.6 Å². The van der Waals surface area contributed by atoms with Crippen LogP contribution in [0, 0.1) is 0 Å². The normalized spacial score (nSPS) is 11.5. The minimum atomic E-state index is -0.146. The number of guanidine groups is 1. The molecule has 0 aromatic carbocycles. The van der Waals surface area contributed by atoms with Crippen molar-refractivity contribution in [2.45, 2.75) is 46.1 Å². The largest absolute Gasteiger partial charge is 0.359 e. The van der Waals surface area contributed by atoms with Gasteiger partial charge >= 0.3 is 0 Å². The first-order valence-corrected chi connectivity index (χ1v) is 9.83. The Kier molecular flexibility index (Phi) is 8.97. The van der Waals surface area contributed by atoms with E-state index in [1.165, 1.54) is 0 Å². The fourth-order valence-electron chi connectivity index (χ4n) is 2.76. The first-order valence-electron chi connectivity index (χ1n) is 9.83. The van der Waals surface area contributed by atoms with Crippen LogP contribution in [0.4, 0.5) is 0 Å². The first kappa shape index (κ1) is 21.4. The number of aromatic nitrogens is 2. The SMILES string of the molecule is CCNC(=NCc1cc(C(CC)CC)no1)NCCNC(=O)c1cccnc1. The van der Waals surface area contributed by atoms with Crippen molar-refractivity contribution >= 4 is 11.9 Å². The van der Waals surface area contributed by atoms with Gasteiger partial charge in [-0.15, -0.1) is 0 Å². The van der Waals surface area contributed by atoms with Gasteiger partial charge in [-0.05, 0) is 31.9 Å². The number of rotatable bonds is 10. The molecule has 8 nitrogen and oxygen atoms in total. The van der Waals surface area contributed by atoms with Gasteiger partial charge in [0, 0.05) is 44.0 Å². The fraction of sp³-hybridized carbons (Fsp3) is 0.500. The lowest BCUT2D eigenvalue weighted by Gasteiger charge is -2.11.